The molecule has 1 N–H and O–H groups in total. The van der Waals surface area contributed by atoms with Crippen molar-refractivity contribution in [2.24, 2.45) is 0 Å². The summed E-state index contributed by atoms with van der Waals surface area (Å²) in [6.45, 7) is 0.614. The summed E-state index contributed by atoms with van der Waals surface area (Å²) in [6, 6.07) is 16.4. The zero-order valence-electron chi connectivity index (χ0n) is 10.7. The van der Waals surface area contributed by atoms with Crippen molar-refractivity contribution in [3.05, 3.63) is 59.5 Å². The molecule has 3 heteroatoms. The quantitative estimate of drug-likeness (QED) is 0.751. The number of ether oxygens (including phenoxy) is 1. The van der Waals surface area contributed by atoms with E-state index < -0.39 is 0 Å². The highest BCUT2D eigenvalue weighted by molar-refractivity contribution is 7.17. The molecule has 0 unspecified atom stereocenters. The van der Waals surface area contributed by atoms with Crippen molar-refractivity contribution >= 4 is 27.1 Å². The van der Waals surface area contributed by atoms with Crippen molar-refractivity contribution in [1.82, 2.24) is 0 Å². The Morgan fingerprint density at radius 2 is 1.84 bits per heavy atom. The summed E-state index contributed by atoms with van der Waals surface area (Å²) in [5, 5.41) is 6.56. The van der Waals surface area contributed by atoms with Gasteiger partial charge in [-0.15, -0.1) is 11.3 Å². The van der Waals surface area contributed by atoms with Gasteiger partial charge < -0.3 is 10.1 Å². The lowest BCUT2D eigenvalue weighted by Crippen LogP contribution is -1.94. The van der Waals surface area contributed by atoms with Gasteiger partial charge in [0.1, 0.15) is 12.4 Å². The Kier molecular flexibility index (Phi) is 3.38. The second-order valence-electron chi connectivity index (χ2n) is 4.32. The maximum absolute atomic E-state index is 5.84. The first kappa shape index (κ1) is 12.1. The summed E-state index contributed by atoms with van der Waals surface area (Å²) >= 11 is 1.77. The maximum Gasteiger partial charge on any atom is 0.119 e. The van der Waals surface area contributed by atoms with E-state index in [2.05, 4.69) is 35.0 Å². The maximum atomic E-state index is 5.84. The topological polar surface area (TPSA) is 21.3 Å². The summed E-state index contributed by atoms with van der Waals surface area (Å²) in [6.07, 6.45) is 0. The van der Waals surface area contributed by atoms with Crippen molar-refractivity contribution in [2.45, 2.75) is 6.61 Å². The van der Waals surface area contributed by atoms with E-state index in [4.69, 9.17) is 4.74 Å². The second kappa shape index (κ2) is 5.33. The summed E-state index contributed by atoms with van der Waals surface area (Å²) in [7, 11) is 1.91. The first-order valence-corrected chi connectivity index (χ1v) is 7.10. The van der Waals surface area contributed by atoms with Gasteiger partial charge in [-0.1, -0.05) is 18.2 Å². The zero-order valence-corrected chi connectivity index (χ0v) is 11.5. The van der Waals surface area contributed by atoms with Crippen molar-refractivity contribution in [3.8, 4) is 5.75 Å². The van der Waals surface area contributed by atoms with Crippen molar-refractivity contribution < 1.29 is 4.74 Å². The number of hydrogen-bond donors (Lipinski definition) is 1. The standard InChI is InChI=1S/C16H15NOS/c1-17-13-6-8-14(9-7-13)18-10-12-11-19-16-5-3-2-4-15(12)16/h2-9,11,17H,10H2,1H3. The third-order valence-electron chi connectivity index (χ3n) is 3.10. The molecule has 0 radical (unpaired) electrons. The first-order chi connectivity index (χ1) is 9.36. The predicted octanol–water partition coefficient (Wildman–Crippen LogP) is 4.52. The molecule has 0 saturated heterocycles. The number of nitrogens with one attached hydrogen (secondary N) is 1. The molecule has 3 aromatic rings. The average molecular weight is 269 g/mol. The highest BCUT2D eigenvalue weighted by Crippen LogP contribution is 2.26. The predicted molar refractivity (Wildman–Crippen MR) is 82.1 cm³/mol. The Morgan fingerprint density at radius 1 is 1.05 bits per heavy atom. The van der Waals surface area contributed by atoms with Crippen molar-refractivity contribution in [2.75, 3.05) is 12.4 Å². The van der Waals surface area contributed by atoms with Crippen LogP contribution in [0, 0.1) is 0 Å². The minimum atomic E-state index is 0.614. The van der Waals surface area contributed by atoms with Gasteiger partial charge in [0.2, 0.25) is 0 Å². The van der Waals surface area contributed by atoms with E-state index >= 15 is 0 Å². The number of anilines is 1. The normalized spacial score (nSPS) is 10.6. The molecule has 96 valence electrons. The fourth-order valence-corrected chi connectivity index (χ4v) is 2.97. The number of hydrogen-bond acceptors (Lipinski definition) is 3. The lowest BCUT2D eigenvalue weighted by atomic mass is 10.2. The number of rotatable bonds is 4. The Bertz CT molecular complexity index is 673. The average Bonchev–Trinajstić information content (AvgIpc) is 2.89. The first-order valence-electron chi connectivity index (χ1n) is 6.22. The third kappa shape index (κ3) is 2.56. The van der Waals surface area contributed by atoms with Crippen LogP contribution in [0.4, 0.5) is 5.69 Å². The van der Waals surface area contributed by atoms with Crippen LogP contribution in [0.25, 0.3) is 10.1 Å². The van der Waals surface area contributed by atoms with E-state index in [9.17, 15) is 0 Å². The van der Waals surface area contributed by atoms with Crippen LogP contribution < -0.4 is 10.1 Å². The van der Waals surface area contributed by atoms with E-state index in [1.165, 1.54) is 15.6 Å². The molecule has 0 fully saturated rings. The van der Waals surface area contributed by atoms with Crippen LogP contribution in [0.15, 0.2) is 53.9 Å². The molecule has 0 spiro atoms. The summed E-state index contributed by atoms with van der Waals surface area (Å²) in [4.78, 5) is 0. The Morgan fingerprint density at radius 3 is 2.63 bits per heavy atom. The number of thiophene rings is 1. The minimum Gasteiger partial charge on any atom is -0.489 e. The van der Waals surface area contributed by atoms with Gasteiger partial charge in [0.15, 0.2) is 0 Å². The molecule has 0 amide bonds. The second-order valence-corrected chi connectivity index (χ2v) is 5.23. The van der Waals surface area contributed by atoms with Crippen LogP contribution in [0.5, 0.6) is 5.75 Å². The van der Waals surface area contributed by atoms with Gasteiger partial charge in [0.25, 0.3) is 0 Å². The van der Waals surface area contributed by atoms with E-state index in [1.807, 2.05) is 31.3 Å². The molecule has 1 heterocycles. The van der Waals surface area contributed by atoms with Crippen LogP contribution in [-0.2, 0) is 6.61 Å². The number of fused-ring (bicyclic) bond motifs is 1. The largest absolute Gasteiger partial charge is 0.489 e. The Hall–Kier alpha value is -2.00. The summed E-state index contributed by atoms with van der Waals surface area (Å²) < 4.78 is 7.15. The summed E-state index contributed by atoms with van der Waals surface area (Å²) in [5.74, 6) is 0.897. The lowest BCUT2D eigenvalue weighted by Gasteiger charge is -2.06. The van der Waals surface area contributed by atoms with Gasteiger partial charge in [-0.25, -0.2) is 0 Å². The molecule has 0 saturated carbocycles. The Labute approximate surface area is 116 Å². The minimum absolute atomic E-state index is 0.614. The van der Waals surface area contributed by atoms with E-state index in [-0.39, 0.29) is 0 Å². The van der Waals surface area contributed by atoms with E-state index in [1.54, 1.807) is 11.3 Å². The molecule has 0 aliphatic rings. The molecular weight excluding hydrogens is 254 g/mol. The van der Waals surface area contributed by atoms with Crippen LogP contribution >= 0.6 is 11.3 Å². The molecular formula is C16H15NOS. The van der Waals surface area contributed by atoms with Gasteiger partial charge in [0, 0.05) is 23.0 Å². The monoisotopic (exact) mass is 269 g/mol. The van der Waals surface area contributed by atoms with Crippen LogP contribution in [0.1, 0.15) is 5.56 Å². The molecule has 0 atom stereocenters. The lowest BCUT2D eigenvalue weighted by molar-refractivity contribution is 0.308. The van der Waals surface area contributed by atoms with Gasteiger partial charge in [-0.2, -0.15) is 0 Å². The molecule has 2 nitrogen and oxygen atoms in total. The van der Waals surface area contributed by atoms with Crippen LogP contribution in [-0.4, -0.2) is 7.05 Å². The highest BCUT2D eigenvalue weighted by Gasteiger charge is 2.04. The molecule has 0 bridgehead atoms. The van der Waals surface area contributed by atoms with Crippen LogP contribution in [0.2, 0.25) is 0 Å². The fourth-order valence-electron chi connectivity index (χ4n) is 2.02. The Balaban J connectivity index is 1.74. The molecule has 1 aromatic heterocycles. The van der Waals surface area contributed by atoms with Gasteiger partial charge in [-0.05, 0) is 41.1 Å². The SMILES string of the molecule is CNc1ccc(OCc2csc3ccccc23)cc1. The molecule has 19 heavy (non-hydrogen) atoms. The smallest absolute Gasteiger partial charge is 0.119 e. The van der Waals surface area contributed by atoms with Crippen molar-refractivity contribution in [1.29, 1.82) is 0 Å². The highest BCUT2D eigenvalue weighted by atomic mass is 32.1. The van der Waals surface area contributed by atoms with E-state index in [0.29, 0.717) is 6.61 Å². The molecule has 0 aliphatic heterocycles. The van der Waals surface area contributed by atoms with Crippen LogP contribution in [0.3, 0.4) is 0 Å². The van der Waals surface area contributed by atoms with Gasteiger partial charge >= 0.3 is 0 Å². The van der Waals surface area contributed by atoms with E-state index in [0.717, 1.165) is 11.4 Å². The van der Waals surface area contributed by atoms with Gasteiger partial charge in [0.05, 0.1) is 0 Å². The molecule has 3 rings (SSSR count). The van der Waals surface area contributed by atoms with Crippen molar-refractivity contribution in [3.63, 3.8) is 0 Å². The third-order valence-corrected chi connectivity index (χ3v) is 4.11. The fraction of sp³-hybridized carbons (Fsp3) is 0.125. The van der Waals surface area contributed by atoms with Gasteiger partial charge in [-0.3, -0.25) is 0 Å². The molecule has 2 aromatic carbocycles. The number of benzene rings is 2. The molecule has 0 aliphatic carbocycles. The summed E-state index contributed by atoms with van der Waals surface area (Å²) in [5.41, 5.74) is 2.34. The zero-order chi connectivity index (χ0) is 13.1.